The van der Waals surface area contributed by atoms with Crippen molar-refractivity contribution in [3.05, 3.63) is 57.9 Å². The normalized spacial score (nSPS) is 11.3. The maximum Gasteiger partial charge on any atom is 0.339 e. The van der Waals surface area contributed by atoms with E-state index in [1.165, 1.54) is 26.2 Å². The van der Waals surface area contributed by atoms with Gasteiger partial charge >= 0.3 is 11.9 Å². The Bertz CT molecular complexity index is 920. The van der Waals surface area contributed by atoms with E-state index >= 15 is 0 Å². The fourth-order valence-corrected chi connectivity index (χ4v) is 2.61. The minimum absolute atomic E-state index is 0.179. The smallest absolute Gasteiger partial charge is 0.339 e. The Kier molecular flexibility index (Phi) is 5.58. The number of ether oxygens (including phenoxy) is 2. The van der Waals surface area contributed by atoms with Gasteiger partial charge in [-0.3, -0.25) is 4.79 Å². The molecule has 2 rings (SSSR count). The highest BCUT2D eigenvalue weighted by Gasteiger charge is 2.27. The number of ketones is 1. The third-order valence-corrected chi connectivity index (χ3v) is 3.95. The lowest BCUT2D eigenvalue weighted by atomic mass is 10.1. The number of H-pyrrole nitrogens is 1. The largest absolute Gasteiger partial charge is 0.465 e. The molecule has 0 aliphatic heterocycles. The third kappa shape index (κ3) is 3.64. The van der Waals surface area contributed by atoms with Crippen molar-refractivity contribution < 1.29 is 23.9 Å². The number of aromatic nitrogens is 1. The van der Waals surface area contributed by atoms with Crippen molar-refractivity contribution in [1.29, 1.82) is 5.26 Å². The summed E-state index contributed by atoms with van der Waals surface area (Å²) in [6, 6.07) is 7.94. The molecule has 1 unspecified atom stereocenters. The maximum atomic E-state index is 12.6. The first-order valence-electron chi connectivity index (χ1n) is 7.83. The van der Waals surface area contributed by atoms with Crippen LogP contribution in [0.5, 0.6) is 0 Å². The molecule has 1 heterocycles. The molecule has 1 N–H and O–H groups in total. The summed E-state index contributed by atoms with van der Waals surface area (Å²) in [6.07, 6.45) is -1.07. The van der Waals surface area contributed by atoms with Gasteiger partial charge in [0, 0.05) is 5.69 Å². The number of nitriles is 1. The summed E-state index contributed by atoms with van der Waals surface area (Å²) in [5.41, 5.74) is 1.91. The molecule has 0 amide bonds. The molecule has 1 aromatic heterocycles. The zero-order chi connectivity index (χ0) is 19.4. The highest BCUT2D eigenvalue weighted by molar-refractivity contribution is 6.04. The van der Waals surface area contributed by atoms with Gasteiger partial charge in [0.05, 0.1) is 35.6 Å². The van der Waals surface area contributed by atoms with E-state index in [1.54, 1.807) is 26.0 Å². The number of benzene rings is 1. The van der Waals surface area contributed by atoms with Crippen LogP contribution >= 0.6 is 0 Å². The van der Waals surface area contributed by atoms with Crippen LogP contribution in [0.15, 0.2) is 24.3 Å². The molecule has 134 valence electrons. The number of Topliss-reactive ketones (excluding diaryl/α,β-unsaturated/α-hetero) is 1. The molecule has 0 bridgehead atoms. The summed E-state index contributed by atoms with van der Waals surface area (Å²) in [4.78, 5) is 39.5. The standard InChI is InChI=1S/C19H18N2O5/c1-10-15(19(24)25-4)11(2)21-16(10)17(22)12(3)26-18(23)14-7-5-6-13(8-14)9-20/h5-8,12,21H,1-4H3. The quantitative estimate of drug-likeness (QED) is 0.653. The Morgan fingerprint density at radius 3 is 2.50 bits per heavy atom. The number of nitrogens with one attached hydrogen (secondary N) is 1. The highest BCUT2D eigenvalue weighted by atomic mass is 16.5. The van der Waals surface area contributed by atoms with E-state index in [2.05, 4.69) is 4.98 Å². The first-order chi connectivity index (χ1) is 12.3. The van der Waals surface area contributed by atoms with Crippen LogP contribution in [0.25, 0.3) is 0 Å². The zero-order valence-corrected chi connectivity index (χ0v) is 14.9. The molecule has 26 heavy (non-hydrogen) atoms. The Morgan fingerprint density at radius 1 is 1.19 bits per heavy atom. The van der Waals surface area contributed by atoms with Crippen LogP contribution in [-0.2, 0) is 9.47 Å². The topological polar surface area (TPSA) is 109 Å². The second kappa shape index (κ2) is 7.66. The summed E-state index contributed by atoms with van der Waals surface area (Å²) < 4.78 is 9.92. The van der Waals surface area contributed by atoms with Gasteiger partial charge in [-0.2, -0.15) is 5.26 Å². The minimum Gasteiger partial charge on any atom is -0.465 e. The Balaban J connectivity index is 2.21. The third-order valence-electron chi connectivity index (χ3n) is 3.95. The van der Waals surface area contributed by atoms with Crippen molar-refractivity contribution >= 4 is 17.7 Å². The summed E-state index contributed by atoms with van der Waals surface area (Å²) in [7, 11) is 1.26. The SMILES string of the molecule is COC(=O)c1c(C)[nH]c(C(=O)C(C)OC(=O)c2cccc(C#N)c2)c1C. The van der Waals surface area contributed by atoms with Crippen LogP contribution < -0.4 is 0 Å². The van der Waals surface area contributed by atoms with Gasteiger partial charge in [-0.05, 0) is 44.5 Å². The Morgan fingerprint density at radius 2 is 1.88 bits per heavy atom. The van der Waals surface area contributed by atoms with Crippen molar-refractivity contribution in [2.24, 2.45) is 0 Å². The molecule has 0 aliphatic carbocycles. The zero-order valence-electron chi connectivity index (χ0n) is 14.9. The molecule has 7 nitrogen and oxygen atoms in total. The summed E-state index contributed by atoms with van der Waals surface area (Å²) in [5.74, 6) is -1.73. The van der Waals surface area contributed by atoms with Gasteiger partial charge in [0.2, 0.25) is 5.78 Å². The second-order valence-electron chi connectivity index (χ2n) is 5.72. The number of carbonyl (C=O) groups is 3. The van der Waals surface area contributed by atoms with Crippen LogP contribution in [0, 0.1) is 25.2 Å². The predicted octanol–water partition coefficient (Wildman–Crippen LogP) is 2.72. The van der Waals surface area contributed by atoms with Crippen LogP contribution in [0.2, 0.25) is 0 Å². The first-order valence-corrected chi connectivity index (χ1v) is 7.83. The lowest BCUT2D eigenvalue weighted by Gasteiger charge is -2.12. The van der Waals surface area contributed by atoms with Crippen molar-refractivity contribution in [3.63, 3.8) is 0 Å². The number of methoxy groups -OCH3 is 1. The fraction of sp³-hybridized carbons (Fsp3) is 0.263. The molecule has 1 aromatic carbocycles. The lowest BCUT2D eigenvalue weighted by Crippen LogP contribution is -2.25. The number of nitrogens with zero attached hydrogens (tertiary/aromatic N) is 1. The number of rotatable bonds is 5. The lowest BCUT2D eigenvalue weighted by molar-refractivity contribution is 0.0316. The monoisotopic (exact) mass is 354 g/mol. The molecule has 0 saturated heterocycles. The van der Waals surface area contributed by atoms with E-state index in [-0.39, 0.29) is 16.8 Å². The molecular weight excluding hydrogens is 336 g/mol. The Labute approximate surface area is 150 Å². The summed E-state index contributed by atoms with van der Waals surface area (Å²) in [5, 5.41) is 8.89. The van der Waals surface area contributed by atoms with E-state index < -0.39 is 23.8 Å². The Hall–Kier alpha value is -3.40. The predicted molar refractivity (Wildman–Crippen MR) is 92.0 cm³/mol. The number of hydrogen-bond acceptors (Lipinski definition) is 6. The van der Waals surface area contributed by atoms with Crippen LogP contribution in [0.3, 0.4) is 0 Å². The van der Waals surface area contributed by atoms with Gasteiger partial charge in [0.15, 0.2) is 6.10 Å². The molecule has 0 saturated carbocycles. The maximum absolute atomic E-state index is 12.6. The highest BCUT2D eigenvalue weighted by Crippen LogP contribution is 2.21. The fourth-order valence-electron chi connectivity index (χ4n) is 2.61. The van der Waals surface area contributed by atoms with Crippen LogP contribution in [-0.4, -0.2) is 35.9 Å². The average Bonchev–Trinajstić information content (AvgIpc) is 2.94. The van der Waals surface area contributed by atoms with Crippen molar-refractivity contribution in [2.75, 3.05) is 7.11 Å². The molecule has 2 aromatic rings. The number of carbonyl (C=O) groups excluding carboxylic acids is 3. The summed E-state index contributed by atoms with van der Waals surface area (Å²) in [6.45, 7) is 4.72. The van der Waals surface area contributed by atoms with E-state index in [9.17, 15) is 14.4 Å². The molecule has 1 atom stereocenters. The second-order valence-corrected chi connectivity index (χ2v) is 5.72. The molecule has 0 radical (unpaired) electrons. The van der Waals surface area contributed by atoms with Crippen LogP contribution in [0.4, 0.5) is 0 Å². The van der Waals surface area contributed by atoms with Gasteiger partial charge in [0.25, 0.3) is 0 Å². The van der Waals surface area contributed by atoms with E-state index in [0.717, 1.165) is 0 Å². The summed E-state index contributed by atoms with van der Waals surface area (Å²) >= 11 is 0. The van der Waals surface area contributed by atoms with Gasteiger partial charge < -0.3 is 14.5 Å². The first kappa shape index (κ1) is 18.9. The van der Waals surface area contributed by atoms with Gasteiger partial charge in [0.1, 0.15) is 0 Å². The number of esters is 2. The van der Waals surface area contributed by atoms with E-state index in [0.29, 0.717) is 16.8 Å². The van der Waals surface area contributed by atoms with Gasteiger partial charge in [-0.1, -0.05) is 6.07 Å². The number of aromatic amines is 1. The molecular formula is C19H18N2O5. The molecule has 0 fully saturated rings. The van der Waals surface area contributed by atoms with Crippen LogP contribution in [0.1, 0.15) is 54.9 Å². The van der Waals surface area contributed by atoms with Gasteiger partial charge in [-0.15, -0.1) is 0 Å². The van der Waals surface area contributed by atoms with Crippen molar-refractivity contribution in [3.8, 4) is 6.07 Å². The molecule has 7 heteroatoms. The minimum atomic E-state index is -1.07. The van der Waals surface area contributed by atoms with Gasteiger partial charge in [-0.25, -0.2) is 9.59 Å². The number of hydrogen-bond donors (Lipinski definition) is 1. The van der Waals surface area contributed by atoms with Crippen molar-refractivity contribution in [1.82, 2.24) is 4.98 Å². The number of aryl methyl sites for hydroxylation is 1. The molecule has 0 spiro atoms. The van der Waals surface area contributed by atoms with E-state index in [4.69, 9.17) is 14.7 Å². The molecule has 0 aliphatic rings. The van der Waals surface area contributed by atoms with E-state index in [1.807, 2.05) is 6.07 Å². The van der Waals surface area contributed by atoms with Crippen molar-refractivity contribution in [2.45, 2.75) is 26.9 Å². The average molecular weight is 354 g/mol.